The molecule has 0 N–H and O–H groups in total. The molecule has 1 amide bonds. The summed E-state index contributed by atoms with van der Waals surface area (Å²) < 4.78 is 5.58. The van der Waals surface area contributed by atoms with Gasteiger partial charge in [-0.25, -0.2) is 0 Å². The van der Waals surface area contributed by atoms with Crippen LogP contribution < -0.4 is 0 Å². The van der Waals surface area contributed by atoms with E-state index in [-0.39, 0.29) is 11.8 Å². The Morgan fingerprint density at radius 3 is 2.90 bits per heavy atom. The Bertz CT molecular complexity index is 987. The van der Waals surface area contributed by atoms with Gasteiger partial charge in [0.15, 0.2) is 5.82 Å². The number of amides is 1. The van der Waals surface area contributed by atoms with Gasteiger partial charge in [0, 0.05) is 30.3 Å². The second-order valence-corrected chi connectivity index (χ2v) is 9.37. The van der Waals surface area contributed by atoms with Crippen LogP contribution in [-0.2, 0) is 17.6 Å². The van der Waals surface area contributed by atoms with Gasteiger partial charge in [-0.15, -0.1) is 11.3 Å². The second-order valence-electron chi connectivity index (χ2n) is 8.24. The molecule has 1 aliphatic heterocycles. The number of nitrogens with zero attached hydrogens (tertiary/aromatic N) is 3. The lowest BCUT2D eigenvalue weighted by molar-refractivity contribution is -0.127. The summed E-state index contributed by atoms with van der Waals surface area (Å²) in [6, 6.07) is 12.6. The number of aromatic nitrogens is 2. The number of hydrogen-bond acceptors (Lipinski definition) is 5. The van der Waals surface area contributed by atoms with Crippen LogP contribution in [0.1, 0.15) is 59.9 Å². The number of thiophene rings is 1. The number of hydrogen-bond donors (Lipinski definition) is 0. The lowest BCUT2D eigenvalue weighted by Crippen LogP contribution is -2.29. The molecule has 1 fully saturated rings. The molecule has 2 atom stereocenters. The summed E-state index contributed by atoms with van der Waals surface area (Å²) in [4.78, 5) is 21.7. The molecule has 1 saturated heterocycles. The Hall–Kier alpha value is -2.47. The molecule has 0 radical (unpaired) electrons. The van der Waals surface area contributed by atoms with Crippen molar-refractivity contribution in [3.63, 3.8) is 0 Å². The predicted molar refractivity (Wildman–Crippen MR) is 113 cm³/mol. The molecule has 150 valence electrons. The minimum Gasteiger partial charge on any atom is -0.341 e. The molecule has 6 heteroatoms. The van der Waals surface area contributed by atoms with E-state index in [9.17, 15) is 4.79 Å². The van der Waals surface area contributed by atoms with E-state index in [2.05, 4.69) is 35.3 Å². The van der Waals surface area contributed by atoms with Crippen molar-refractivity contribution in [3.8, 4) is 10.8 Å². The second kappa shape index (κ2) is 7.75. The van der Waals surface area contributed by atoms with Crippen LogP contribution in [0.2, 0.25) is 0 Å². The van der Waals surface area contributed by atoms with Crippen molar-refractivity contribution >= 4 is 17.2 Å². The van der Waals surface area contributed by atoms with Crippen LogP contribution in [0.5, 0.6) is 0 Å². The van der Waals surface area contributed by atoms with Crippen LogP contribution in [0, 0.1) is 0 Å². The third-order valence-electron chi connectivity index (χ3n) is 6.09. The summed E-state index contributed by atoms with van der Waals surface area (Å²) in [5.74, 6) is 1.75. The average molecular weight is 408 g/mol. The Morgan fingerprint density at radius 1 is 1.24 bits per heavy atom. The number of fused-ring (bicyclic) bond motifs is 1. The summed E-state index contributed by atoms with van der Waals surface area (Å²) in [6.07, 6.45) is 5.30. The zero-order valence-electron chi connectivity index (χ0n) is 16.6. The fraction of sp³-hybridized carbons (Fsp3) is 0.435. The summed E-state index contributed by atoms with van der Waals surface area (Å²) in [7, 11) is 0. The van der Waals surface area contributed by atoms with Gasteiger partial charge in [0.1, 0.15) is 0 Å². The molecule has 29 heavy (non-hydrogen) atoms. The Balaban J connectivity index is 1.27. The van der Waals surface area contributed by atoms with Crippen LogP contribution in [0.3, 0.4) is 0 Å². The van der Waals surface area contributed by atoms with Crippen LogP contribution >= 0.6 is 11.3 Å². The maximum atomic E-state index is 12.6. The maximum absolute atomic E-state index is 12.6. The Kier molecular flexibility index (Phi) is 4.96. The lowest BCUT2D eigenvalue weighted by atomic mass is 9.99. The van der Waals surface area contributed by atoms with Gasteiger partial charge in [-0.3, -0.25) is 4.79 Å². The van der Waals surface area contributed by atoms with Crippen LogP contribution in [-0.4, -0.2) is 34.0 Å². The molecule has 2 aliphatic rings. The van der Waals surface area contributed by atoms with Crippen molar-refractivity contribution in [1.29, 1.82) is 0 Å². The summed E-state index contributed by atoms with van der Waals surface area (Å²) in [5.41, 5.74) is 2.69. The van der Waals surface area contributed by atoms with E-state index < -0.39 is 0 Å². The number of aryl methyl sites for hydroxylation is 2. The fourth-order valence-electron chi connectivity index (χ4n) is 4.44. The van der Waals surface area contributed by atoms with Crippen molar-refractivity contribution in [3.05, 3.63) is 58.2 Å². The molecule has 0 bridgehead atoms. The third kappa shape index (κ3) is 3.73. The van der Waals surface area contributed by atoms with Crippen molar-refractivity contribution in [2.45, 2.75) is 50.9 Å². The van der Waals surface area contributed by atoms with Gasteiger partial charge in [0.05, 0.1) is 4.88 Å². The quantitative estimate of drug-likeness (QED) is 0.610. The zero-order chi connectivity index (χ0) is 19.8. The van der Waals surface area contributed by atoms with Gasteiger partial charge in [0.25, 0.3) is 5.89 Å². The van der Waals surface area contributed by atoms with Gasteiger partial charge >= 0.3 is 0 Å². The fourth-order valence-corrected chi connectivity index (χ4v) is 5.61. The Morgan fingerprint density at radius 2 is 2.07 bits per heavy atom. The number of rotatable bonds is 5. The number of benzene rings is 1. The number of carbonyl (C=O) groups excluding carboxylic acids is 1. The highest BCUT2D eigenvalue weighted by Crippen LogP contribution is 2.36. The van der Waals surface area contributed by atoms with E-state index in [4.69, 9.17) is 4.52 Å². The van der Waals surface area contributed by atoms with Crippen LogP contribution in [0.25, 0.3) is 10.8 Å². The molecular formula is C23H25N3O2S. The van der Waals surface area contributed by atoms with Crippen molar-refractivity contribution in [2.24, 2.45) is 0 Å². The van der Waals surface area contributed by atoms with Crippen LogP contribution in [0.15, 0.2) is 40.9 Å². The SMILES string of the molecule is CC(CN1CC(c2noc(-c3cc4c(s3)CCCC4)n2)CC1=O)c1ccccc1. The molecule has 3 aromatic rings. The number of carbonyl (C=O) groups is 1. The molecule has 5 rings (SSSR count). The Labute approximate surface area is 174 Å². The lowest BCUT2D eigenvalue weighted by Gasteiger charge is -2.21. The van der Waals surface area contributed by atoms with E-state index >= 15 is 0 Å². The monoisotopic (exact) mass is 407 g/mol. The summed E-state index contributed by atoms with van der Waals surface area (Å²) in [6.45, 7) is 3.55. The molecule has 1 aliphatic carbocycles. The number of likely N-dealkylation sites (tertiary alicyclic amines) is 1. The molecule has 0 spiro atoms. The predicted octanol–water partition coefficient (Wildman–Crippen LogP) is 4.80. The van der Waals surface area contributed by atoms with Crippen molar-refractivity contribution in [1.82, 2.24) is 15.0 Å². The van der Waals surface area contributed by atoms with Crippen molar-refractivity contribution < 1.29 is 9.32 Å². The molecule has 5 nitrogen and oxygen atoms in total. The van der Waals surface area contributed by atoms with Gasteiger partial charge in [-0.1, -0.05) is 42.4 Å². The minimum atomic E-state index is 0.0116. The molecule has 2 aromatic heterocycles. The standard InChI is InChI=1S/C23H25N3O2S/c1-15(16-7-3-2-4-8-16)13-26-14-18(12-21(26)27)22-24-23(28-25-22)20-11-17-9-5-6-10-19(17)29-20/h2-4,7-8,11,15,18H,5-6,9-10,12-14H2,1H3. The largest absolute Gasteiger partial charge is 0.341 e. The van der Waals surface area contributed by atoms with Crippen molar-refractivity contribution in [2.75, 3.05) is 13.1 Å². The topological polar surface area (TPSA) is 59.2 Å². The summed E-state index contributed by atoms with van der Waals surface area (Å²) in [5, 5.41) is 4.23. The van der Waals surface area contributed by atoms with E-state index in [1.165, 1.54) is 28.8 Å². The third-order valence-corrected chi connectivity index (χ3v) is 7.32. The highest BCUT2D eigenvalue weighted by Gasteiger charge is 2.34. The first-order chi connectivity index (χ1) is 14.2. The molecule has 3 heterocycles. The highest BCUT2D eigenvalue weighted by atomic mass is 32.1. The van der Waals surface area contributed by atoms with E-state index in [1.54, 1.807) is 11.3 Å². The molecular weight excluding hydrogens is 382 g/mol. The summed E-state index contributed by atoms with van der Waals surface area (Å²) >= 11 is 1.78. The first-order valence-electron chi connectivity index (χ1n) is 10.5. The van der Waals surface area contributed by atoms with E-state index in [0.29, 0.717) is 30.6 Å². The van der Waals surface area contributed by atoms with Gasteiger partial charge in [0.2, 0.25) is 5.91 Å². The normalized spacial score (nSPS) is 20.1. The maximum Gasteiger partial charge on any atom is 0.268 e. The minimum absolute atomic E-state index is 0.0116. The molecule has 2 unspecified atom stereocenters. The smallest absolute Gasteiger partial charge is 0.268 e. The first kappa shape index (κ1) is 18.6. The van der Waals surface area contributed by atoms with Crippen LogP contribution in [0.4, 0.5) is 0 Å². The molecule has 1 aromatic carbocycles. The average Bonchev–Trinajstić information content (AvgIpc) is 3.46. The van der Waals surface area contributed by atoms with E-state index in [0.717, 1.165) is 24.3 Å². The van der Waals surface area contributed by atoms with Gasteiger partial charge < -0.3 is 9.42 Å². The molecule has 0 saturated carbocycles. The zero-order valence-corrected chi connectivity index (χ0v) is 17.5. The van der Waals surface area contributed by atoms with E-state index in [1.807, 2.05) is 23.1 Å². The first-order valence-corrected chi connectivity index (χ1v) is 11.3. The van der Waals surface area contributed by atoms with Gasteiger partial charge in [-0.2, -0.15) is 4.98 Å². The highest BCUT2D eigenvalue weighted by molar-refractivity contribution is 7.15. The van der Waals surface area contributed by atoms with Gasteiger partial charge in [-0.05, 0) is 48.8 Å².